The number of hydrogen-bond donors (Lipinski definition) is 2. The number of rotatable bonds is 7. The first-order chi connectivity index (χ1) is 7.28. The summed E-state index contributed by atoms with van der Waals surface area (Å²) in [7, 11) is 0. The highest BCUT2D eigenvalue weighted by Crippen LogP contribution is 2.34. The molecule has 0 aromatic rings. The van der Waals surface area contributed by atoms with Gasteiger partial charge in [0.1, 0.15) is 0 Å². The van der Waals surface area contributed by atoms with E-state index in [0.717, 1.165) is 6.42 Å². The smallest absolute Gasteiger partial charge is 0.309 e. The fourth-order valence-corrected chi connectivity index (χ4v) is 2.37. The fourth-order valence-electron chi connectivity index (χ4n) is 2.37. The van der Waals surface area contributed by atoms with E-state index in [0.29, 0.717) is 18.8 Å². The first-order valence-corrected chi connectivity index (χ1v) is 6.23. The van der Waals surface area contributed by atoms with Gasteiger partial charge in [-0.1, -0.05) is 41.0 Å². The molecule has 0 aliphatic carbocycles. The summed E-state index contributed by atoms with van der Waals surface area (Å²) in [5.74, 6) is -1.26. The van der Waals surface area contributed by atoms with Gasteiger partial charge in [0, 0.05) is 0 Å². The second-order valence-corrected chi connectivity index (χ2v) is 5.23. The molecule has 3 nitrogen and oxygen atoms in total. The van der Waals surface area contributed by atoms with E-state index in [1.54, 1.807) is 0 Å². The van der Waals surface area contributed by atoms with Crippen LogP contribution in [0.1, 0.15) is 53.9 Å². The largest absolute Gasteiger partial charge is 0.481 e. The van der Waals surface area contributed by atoms with E-state index in [2.05, 4.69) is 13.8 Å². The van der Waals surface area contributed by atoms with Crippen LogP contribution in [0.4, 0.5) is 0 Å². The van der Waals surface area contributed by atoms with Crippen LogP contribution in [0.5, 0.6) is 0 Å². The van der Waals surface area contributed by atoms with Crippen molar-refractivity contribution in [3.8, 4) is 0 Å². The van der Waals surface area contributed by atoms with Crippen molar-refractivity contribution in [1.82, 2.24) is 0 Å². The molecule has 0 heterocycles. The molecule has 0 amide bonds. The quantitative estimate of drug-likeness (QED) is 0.707. The van der Waals surface area contributed by atoms with Crippen LogP contribution >= 0.6 is 0 Å². The van der Waals surface area contributed by atoms with Crippen LogP contribution in [0.15, 0.2) is 0 Å². The summed E-state index contributed by atoms with van der Waals surface area (Å²) < 4.78 is 0. The lowest BCUT2D eigenvalue weighted by atomic mass is 9.73. The summed E-state index contributed by atoms with van der Waals surface area (Å²) in [5, 5.41) is 19.8. The zero-order valence-corrected chi connectivity index (χ0v) is 11.2. The zero-order chi connectivity index (χ0) is 12.9. The Balaban J connectivity index is 4.95. The van der Waals surface area contributed by atoms with E-state index in [-0.39, 0.29) is 5.92 Å². The van der Waals surface area contributed by atoms with Gasteiger partial charge in [-0.3, -0.25) is 4.79 Å². The lowest BCUT2D eigenvalue weighted by Gasteiger charge is -2.37. The molecule has 2 N–H and O–H groups in total. The molecule has 3 unspecified atom stereocenters. The van der Waals surface area contributed by atoms with Gasteiger partial charge in [0.05, 0.1) is 11.5 Å². The third-order valence-corrected chi connectivity index (χ3v) is 3.52. The molecule has 0 aliphatic heterocycles. The second-order valence-electron chi connectivity index (χ2n) is 5.23. The van der Waals surface area contributed by atoms with Crippen molar-refractivity contribution in [3.05, 3.63) is 0 Å². The van der Waals surface area contributed by atoms with E-state index in [1.165, 1.54) is 0 Å². The highest BCUT2D eigenvalue weighted by molar-refractivity contribution is 5.71. The van der Waals surface area contributed by atoms with E-state index in [9.17, 15) is 15.0 Å². The van der Waals surface area contributed by atoms with E-state index >= 15 is 0 Å². The van der Waals surface area contributed by atoms with Gasteiger partial charge in [-0.25, -0.2) is 0 Å². The molecule has 0 aromatic carbocycles. The summed E-state index contributed by atoms with van der Waals surface area (Å²) in [6.07, 6.45) is 2.02. The maximum Gasteiger partial charge on any atom is 0.309 e. The molecule has 0 rings (SSSR count). The van der Waals surface area contributed by atoms with Gasteiger partial charge in [-0.2, -0.15) is 0 Å². The number of carboxylic acids is 1. The maximum atomic E-state index is 11.3. The van der Waals surface area contributed by atoms with Gasteiger partial charge >= 0.3 is 5.97 Å². The Kier molecular flexibility index (Phi) is 6.01. The standard InChI is InChI=1S/C13H26O3/c1-6-10(5)8-13(16,7-2)11(9(3)4)12(14)15/h9-11,16H,6-8H2,1-5H3,(H,14,15). The zero-order valence-electron chi connectivity index (χ0n) is 11.2. The Morgan fingerprint density at radius 3 is 2.00 bits per heavy atom. The van der Waals surface area contributed by atoms with E-state index in [1.807, 2.05) is 20.8 Å². The lowest BCUT2D eigenvalue weighted by Crippen LogP contribution is -2.46. The fraction of sp³-hybridized carbons (Fsp3) is 0.923. The normalized spacial score (nSPS) is 19.2. The number of aliphatic hydroxyl groups is 1. The molecule has 0 spiro atoms. The van der Waals surface area contributed by atoms with Crippen LogP contribution in [-0.2, 0) is 4.79 Å². The molecular formula is C13H26O3. The summed E-state index contributed by atoms with van der Waals surface area (Å²) >= 11 is 0. The molecule has 0 aromatic heterocycles. The molecule has 3 heteroatoms. The monoisotopic (exact) mass is 230 g/mol. The van der Waals surface area contributed by atoms with E-state index < -0.39 is 17.5 Å². The van der Waals surface area contributed by atoms with Crippen LogP contribution in [0.25, 0.3) is 0 Å². The first kappa shape index (κ1) is 15.4. The Morgan fingerprint density at radius 1 is 1.25 bits per heavy atom. The van der Waals surface area contributed by atoms with Crippen molar-refractivity contribution >= 4 is 5.97 Å². The van der Waals surface area contributed by atoms with Crippen LogP contribution in [0.2, 0.25) is 0 Å². The highest BCUT2D eigenvalue weighted by atomic mass is 16.4. The minimum atomic E-state index is -1.07. The minimum Gasteiger partial charge on any atom is -0.481 e. The number of carboxylic acid groups (broad SMARTS) is 1. The van der Waals surface area contributed by atoms with Gasteiger partial charge in [-0.05, 0) is 24.7 Å². The Hall–Kier alpha value is -0.570. The van der Waals surface area contributed by atoms with Gasteiger partial charge in [-0.15, -0.1) is 0 Å². The van der Waals surface area contributed by atoms with Gasteiger partial charge in [0.15, 0.2) is 0 Å². The van der Waals surface area contributed by atoms with Crippen molar-refractivity contribution < 1.29 is 15.0 Å². The molecule has 16 heavy (non-hydrogen) atoms. The van der Waals surface area contributed by atoms with E-state index in [4.69, 9.17) is 0 Å². The number of carbonyl (C=O) groups is 1. The van der Waals surface area contributed by atoms with Gasteiger partial charge in [0.25, 0.3) is 0 Å². The van der Waals surface area contributed by atoms with Gasteiger partial charge < -0.3 is 10.2 Å². The van der Waals surface area contributed by atoms with Crippen LogP contribution in [0.3, 0.4) is 0 Å². The topological polar surface area (TPSA) is 57.5 Å². The number of aliphatic carboxylic acids is 1. The maximum absolute atomic E-state index is 11.3. The molecule has 0 fully saturated rings. The average Bonchev–Trinajstić information content (AvgIpc) is 2.16. The summed E-state index contributed by atoms with van der Waals surface area (Å²) in [6, 6.07) is 0. The number of hydrogen-bond acceptors (Lipinski definition) is 2. The van der Waals surface area contributed by atoms with Crippen LogP contribution < -0.4 is 0 Å². The first-order valence-electron chi connectivity index (χ1n) is 6.23. The Labute approximate surface area is 98.9 Å². The molecule has 96 valence electrons. The van der Waals surface area contributed by atoms with Crippen molar-refractivity contribution in [1.29, 1.82) is 0 Å². The molecular weight excluding hydrogens is 204 g/mol. The third-order valence-electron chi connectivity index (χ3n) is 3.52. The summed E-state index contributed by atoms with van der Waals surface area (Å²) in [6.45, 7) is 9.69. The Morgan fingerprint density at radius 2 is 1.75 bits per heavy atom. The molecule has 0 aliphatic rings. The van der Waals surface area contributed by atoms with Crippen LogP contribution in [-0.4, -0.2) is 21.8 Å². The molecule has 0 saturated heterocycles. The van der Waals surface area contributed by atoms with Crippen LogP contribution in [0, 0.1) is 17.8 Å². The summed E-state index contributed by atoms with van der Waals surface area (Å²) in [5.41, 5.74) is -1.07. The molecule has 3 atom stereocenters. The average molecular weight is 230 g/mol. The third kappa shape index (κ3) is 3.78. The predicted octanol–water partition coefficient (Wildman–Crippen LogP) is 2.92. The molecule has 0 saturated carbocycles. The second kappa shape index (κ2) is 6.24. The molecule has 0 bridgehead atoms. The van der Waals surface area contributed by atoms with Crippen molar-refractivity contribution in [2.45, 2.75) is 59.5 Å². The lowest BCUT2D eigenvalue weighted by molar-refractivity contribution is -0.157. The summed E-state index contributed by atoms with van der Waals surface area (Å²) in [4.78, 5) is 11.3. The van der Waals surface area contributed by atoms with Crippen molar-refractivity contribution in [2.75, 3.05) is 0 Å². The van der Waals surface area contributed by atoms with Crippen molar-refractivity contribution in [2.24, 2.45) is 17.8 Å². The minimum absolute atomic E-state index is 0.0495. The SMILES string of the molecule is CCC(C)CC(O)(CC)C(C(=O)O)C(C)C. The molecule has 0 radical (unpaired) electrons. The van der Waals surface area contributed by atoms with Crippen molar-refractivity contribution in [3.63, 3.8) is 0 Å². The Bertz CT molecular complexity index is 225. The predicted molar refractivity (Wildman–Crippen MR) is 65.3 cm³/mol. The highest BCUT2D eigenvalue weighted by Gasteiger charge is 2.42. The van der Waals surface area contributed by atoms with Gasteiger partial charge in [0.2, 0.25) is 0 Å².